The third-order valence-corrected chi connectivity index (χ3v) is 2.48. The van der Waals surface area contributed by atoms with Crippen LogP contribution in [0.2, 0.25) is 5.02 Å². The lowest BCUT2D eigenvalue weighted by molar-refractivity contribution is 0.469. The first-order valence-corrected chi connectivity index (χ1v) is 4.92. The fourth-order valence-electron chi connectivity index (χ4n) is 1.43. The van der Waals surface area contributed by atoms with Gasteiger partial charge in [0.1, 0.15) is 17.3 Å². The van der Waals surface area contributed by atoms with Gasteiger partial charge in [-0.3, -0.25) is 0 Å². The minimum absolute atomic E-state index is 0.0806. The number of hydrogen-bond donors (Lipinski definition) is 2. The summed E-state index contributed by atoms with van der Waals surface area (Å²) < 4.78 is 13.0. The van der Waals surface area contributed by atoms with E-state index < -0.39 is 5.82 Å². The van der Waals surface area contributed by atoms with Crippen LogP contribution in [0.1, 0.15) is 0 Å². The molecule has 2 rings (SSSR count). The van der Waals surface area contributed by atoms with E-state index in [-0.39, 0.29) is 16.5 Å². The van der Waals surface area contributed by atoms with Gasteiger partial charge < -0.3 is 10.2 Å². The number of phenolic OH excluding ortho intramolecular Hbond substituents is 2. The van der Waals surface area contributed by atoms with Crippen molar-refractivity contribution < 1.29 is 14.6 Å². The largest absolute Gasteiger partial charge is 0.508 e. The topological polar surface area (TPSA) is 40.5 Å². The van der Waals surface area contributed by atoms with E-state index in [1.807, 2.05) is 0 Å². The number of phenols is 2. The zero-order valence-corrected chi connectivity index (χ0v) is 8.87. The molecule has 0 heterocycles. The van der Waals surface area contributed by atoms with Crippen molar-refractivity contribution in [3.63, 3.8) is 0 Å². The third-order valence-electron chi connectivity index (χ3n) is 2.16. The van der Waals surface area contributed by atoms with E-state index in [4.69, 9.17) is 11.6 Å². The molecule has 0 fully saturated rings. The van der Waals surface area contributed by atoms with Gasteiger partial charge in [-0.2, -0.15) is 0 Å². The molecule has 0 aromatic heterocycles. The van der Waals surface area contributed by atoms with Crippen molar-refractivity contribution in [1.82, 2.24) is 0 Å². The molecule has 0 bridgehead atoms. The summed E-state index contributed by atoms with van der Waals surface area (Å²) in [7, 11) is 0. The lowest BCUT2D eigenvalue weighted by Gasteiger charge is -2.04. The van der Waals surface area contributed by atoms with E-state index in [2.05, 4.69) is 0 Å². The molecule has 0 saturated heterocycles. The summed E-state index contributed by atoms with van der Waals surface area (Å²) in [5.74, 6) is -0.781. The van der Waals surface area contributed by atoms with Crippen molar-refractivity contribution in [2.45, 2.75) is 0 Å². The molecule has 0 aliphatic rings. The van der Waals surface area contributed by atoms with Gasteiger partial charge in [-0.1, -0.05) is 17.7 Å². The number of halogens is 2. The van der Waals surface area contributed by atoms with Crippen molar-refractivity contribution in [2.24, 2.45) is 0 Å². The molecule has 0 amide bonds. The Hall–Kier alpha value is -1.74. The smallest absolute Gasteiger partial charge is 0.134 e. The van der Waals surface area contributed by atoms with E-state index in [9.17, 15) is 14.6 Å². The van der Waals surface area contributed by atoms with Crippen LogP contribution in [0, 0.1) is 5.82 Å². The molecule has 2 aromatic carbocycles. The molecule has 0 atom stereocenters. The maximum atomic E-state index is 13.0. The summed E-state index contributed by atoms with van der Waals surface area (Å²) in [4.78, 5) is 0. The fraction of sp³-hybridized carbons (Fsp3) is 0. The molecular weight excluding hydrogens is 231 g/mol. The van der Waals surface area contributed by atoms with Crippen LogP contribution in [0.15, 0.2) is 36.4 Å². The summed E-state index contributed by atoms with van der Waals surface area (Å²) in [6.45, 7) is 0. The molecule has 16 heavy (non-hydrogen) atoms. The second-order valence-corrected chi connectivity index (χ2v) is 3.77. The number of aromatic hydroxyl groups is 2. The van der Waals surface area contributed by atoms with Gasteiger partial charge >= 0.3 is 0 Å². The van der Waals surface area contributed by atoms with E-state index in [1.54, 1.807) is 6.07 Å². The maximum absolute atomic E-state index is 13.0. The van der Waals surface area contributed by atoms with Gasteiger partial charge in [0.25, 0.3) is 0 Å². The molecule has 0 unspecified atom stereocenters. The first-order valence-electron chi connectivity index (χ1n) is 4.55. The first kappa shape index (κ1) is 10.8. The van der Waals surface area contributed by atoms with Gasteiger partial charge in [-0.05, 0) is 35.4 Å². The lowest BCUT2D eigenvalue weighted by Crippen LogP contribution is -1.81. The van der Waals surface area contributed by atoms with Gasteiger partial charge in [0, 0.05) is 6.07 Å². The zero-order valence-electron chi connectivity index (χ0n) is 8.11. The lowest BCUT2D eigenvalue weighted by atomic mass is 10.1. The Kier molecular flexibility index (Phi) is 2.71. The van der Waals surface area contributed by atoms with Gasteiger partial charge in [-0.15, -0.1) is 0 Å². The first-order chi connectivity index (χ1) is 7.56. The van der Waals surface area contributed by atoms with Gasteiger partial charge in [0.2, 0.25) is 0 Å². The molecule has 82 valence electrons. The predicted molar refractivity (Wildman–Crippen MR) is 60.2 cm³/mol. The molecule has 4 heteroatoms. The van der Waals surface area contributed by atoms with Gasteiger partial charge in [-0.25, -0.2) is 4.39 Å². The molecule has 0 saturated carbocycles. The average molecular weight is 239 g/mol. The Morgan fingerprint density at radius 2 is 1.69 bits per heavy atom. The molecule has 0 radical (unpaired) electrons. The van der Waals surface area contributed by atoms with Crippen LogP contribution in [-0.2, 0) is 0 Å². The summed E-state index contributed by atoms with van der Waals surface area (Å²) in [6, 6.07) is 8.24. The number of rotatable bonds is 1. The highest BCUT2D eigenvalue weighted by Gasteiger charge is 2.05. The minimum Gasteiger partial charge on any atom is -0.508 e. The molecule has 2 aromatic rings. The maximum Gasteiger partial charge on any atom is 0.134 e. The Morgan fingerprint density at radius 1 is 0.938 bits per heavy atom. The highest BCUT2D eigenvalue weighted by molar-refractivity contribution is 6.32. The highest BCUT2D eigenvalue weighted by atomic mass is 35.5. The van der Waals surface area contributed by atoms with Crippen LogP contribution in [-0.4, -0.2) is 10.2 Å². The molecular formula is C12H8ClFO2. The predicted octanol–water partition coefficient (Wildman–Crippen LogP) is 3.56. The molecule has 0 aliphatic heterocycles. The third kappa shape index (κ3) is 2.09. The summed E-state index contributed by atoms with van der Waals surface area (Å²) in [5, 5.41) is 18.9. The molecule has 0 aliphatic carbocycles. The van der Waals surface area contributed by atoms with Crippen LogP contribution < -0.4 is 0 Å². The van der Waals surface area contributed by atoms with E-state index in [0.717, 1.165) is 6.07 Å². The van der Waals surface area contributed by atoms with Crippen molar-refractivity contribution >= 4 is 11.6 Å². The van der Waals surface area contributed by atoms with Crippen LogP contribution in [0.3, 0.4) is 0 Å². The normalized spacial score (nSPS) is 10.4. The SMILES string of the molecule is Oc1cc(F)cc(-c2ccc(Cl)c(O)c2)c1. The monoisotopic (exact) mass is 238 g/mol. The Balaban J connectivity index is 2.54. The minimum atomic E-state index is -0.538. The van der Waals surface area contributed by atoms with Crippen molar-refractivity contribution in [2.75, 3.05) is 0 Å². The standard InChI is InChI=1S/C12H8ClFO2/c13-11-2-1-7(5-12(11)16)8-3-9(14)6-10(15)4-8/h1-6,15-16H. The Labute approximate surface area is 96.5 Å². The Morgan fingerprint density at radius 3 is 2.31 bits per heavy atom. The van der Waals surface area contributed by atoms with E-state index in [0.29, 0.717) is 11.1 Å². The summed E-state index contributed by atoms with van der Waals surface area (Å²) >= 11 is 5.66. The molecule has 2 nitrogen and oxygen atoms in total. The van der Waals surface area contributed by atoms with E-state index in [1.165, 1.54) is 24.3 Å². The van der Waals surface area contributed by atoms with Gasteiger partial charge in [0.15, 0.2) is 0 Å². The summed E-state index contributed by atoms with van der Waals surface area (Å²) in [5.41, 5.74) is 1.06. The van der Waals surface area contributed by atoms with E-state index >= 15 is 0 Å². The van der Waals surface area contributed by atoms with Crippen molar-refractivity contribution in [1.29, 1.82) is 0 Å². The second kappa shape index (κ2) is 4.02. The molecule has 0 spiro atoms. The average Bonchev–Trinajstić information content (AvgIpc) is 2.20. The van der Waals surface area contributed by atoms with Crippen molar-refractivity contribution in [3.8, 4) is 22.6 Å². The number of benzene rings is 2. The van der Waals surface area contributed by atoms with Crippen LogP contribution in [0.25, 0.3) is 11.1 Å². The second-order valence-electron chi connectivity index (χ2n) is 3.36. The molecule has 2 N–H and O–H groups in total. The fourth-order valence-corrected chi connectivity index (χ4v) is 1.55. The quantitative estimate of drug-likeness (QED) is 0.798. The van der Waals surface area contributed by atoms with Crippen LogP contribution in [0.4, 0.5) is 4.39 Å². The van der Waals surface area contributed by atoms with Crippen LogP contribution >= 0.6 is 11.6 Å². The van der Waals surface area contributed by atoms with Crippen LogP contribution in [0.5, 0.6) is 11.5 Å². The summed E-state index contributed by atoms with van der Waals surface area (Å²) in [6.07, 6.45) is 0. The van der Waals surface area contributed by atoms with Crippen molar-refractivity contribution in [3.05, 3.63) is 47.2 Å². The number of hydrogen-bond acceptors (Lipinski definition) is 2. The Bertz CT molecular complexity index is 520. The van der Waals surface area contributed by atoms with Gasteiger partial charge in [0.05, 0.1) is 5.02 Å². The highest BCUT2D eigenvalue weighted by Crippen LogP contribution is 2.31. The zero-order chi connectivity index (χ0) is 11.7.